The second-order valence-electron chi connectivity index (χ2n) is 6.35. The Hall–Kier alpha value is -3.07. The summed E-state index contributed by atoms with van der Waals surface area (Å²) in [5.74, 6) is 0.740. The summed E-state index contributed by atoms with van der Waals surface area (Å²) in [7, 11) is 0. The molecule has 8 nitrogen and oxygen atoms in total. The van der Waals surface area contributed by atoms with E-state index < -0.39 is 5.95 Å². The number of nitrogens with one attached hydrogen (secondary N) is 1. The number of benzene rings is 1. The minimum atomic E-state index is -0.404. The number of tetrazole rings is 1. The first kappa shape index (κ1) is 18.3. The Morgan fingerprint density at radius 2 is 1.96 bits per heavy atom. The number of aromatic nitrogens is 8. The second-order valence-corrected chi connectivity index (χ2v) is 6.69. The van der Waals surface area contributed by atoms with Crippen LogP contribution in [-0.4, -0.2) is 40.0 Å². The van der Waals surface area contributed by atoms with Crippen LogP contribution in [0.15, 0.2) is 36.4 Å². The zero-order valence-corrected chi connectivity index (χ0v) is 15.9. The third kappa shape index (κ3) is 3.65. The summed E-state index contributed by atoms with van der Waals surface area (Å²) in [6, 6.07) is 10.5. The van der Waals surface area contributed by atoms with Crippen molar-refractivity contribution in [3.8, 4) is 17.2 Å². The number of rotatable bonds is 7. The van der Waals surface area contributed by atoms with Gasteiger partial charge in [0, 0.05) is 12.1 Å². The largest absolute Gasteiger partial charge is 0.283 e. The molecule has 4 aromatic rings. The molecule has 0 aliphatic carbocycles. The zero-order valence-electron chi connectivity index (χ0n) is 15.2. The number of hydrogen-bond acceptors (Lipinski definition) is 5. The maximum Gasteiger partial charge on any atom is 0.221 e. The van der Waals surface area contributed by atoms with E-state index in [9.17, 15) is 4.39 Å². The molecule has 0 atom stereocenters. The van der Waals surface area contributed by atoms with Gasteiger partial charge in [-0.3, -0.25) is 4.57 Å². The Morgan fingerprint density at radius 3 is 2.68 bits per heavy atom. The highest BCUT2D eigenvalue weighted by Crippen LogP contribution is 2.23. The van der Waals surface area contributed by atoms with E-state index in [0.29, 0.717) is 29.0 Å². The predicted molar refractivity (Wildman–Crippen MR) is 102 cm³/mol. The molecule has 0 amide bonds. The van der Waals surface area contributed by atoms with Gasteiger partial charge in [-0.2, -0.15) is 9.49 Å². The predicted octanol–water partition coefficient (Wildman–Crippen LogP) is 3.43. The Bertz CT molecular complexity index is 1050. The SMILES string of the molecule is CCCCc1nc(Cl)n(Cc2ccc(-n3c(F)ccc3-c3nnn[nH]3)cc2)n1. The van der Waals surface area contributed by atoms with Crippen LogP contribution in [0.25, 0.3) is 17.2 Å². The number of hydrogen-bond donors (Lipinski definition) is 1. The summed E-state index contributed by atoms with van der Waals surface area (Å²) in [5.41, 5.74) is 2.18. The molecule has 3 heterocycles. The third-order valence-corrected chi connectivity index (χ3v) is 4.65. The van der Waals surface area contributed by atoms with E-state index in [-0.39, 0.29) is 0 Å². The first-order valence-electron chi connectivity index (χ1n) is 8.95. The summed E-state index contributed by atoms with van der Waals surface area (Å²) in [6.07, 6.45) is 2.92. The van der Waals surface area contributed by atoms with Crippen molar-refractivity contribution in [1.29, 1.82) is 0 Å². The van der Waals surface area contributed by atoms with Crippen LogP contribution in [0.5, 0.6) is 0 Å². The second kappa shape index (κ2) is 7.89. The monoisotopic (exact) mass is 400 g/mol. The highest BCUT2D eigenvalue weighted by Gasteiger charge is 2.15. The number of nitrogens with zero attached hydrogens (tertiary/aromatic N) is 7. The van der Waals surface area contributed by atoms with Gasteiger partial charge in [0.15, 0.2) is 17.6 Å². The molecule has 0 unspecified atom stereocenters. The molecule has 1 N–H and O–H groups in total. The number of H-pyrrole nitrogens is 1. The van der Waals surface area contributed by atoms with Gasteiger partial charge in [0.25, 0.3) is 0 Å². The Kier molecular flexibility index (Phi) is 5.16. The van der Waals surface area contributed by atoms with E-state index in [1.165, 1.54) is 10.6 Å². The lowest BCUT2D eigenvalue weighted by molar-refractivity contribution is 0.561. The number of aromatic amines is 1. The lowest BCUT2D eigenvalue weighted by Crippen LogP contribution is -2.04. The standard InChI is InChI=1S/C18H18ClFN8/c1-2-3-4-16-21-18(19)27(24-16)11-12-5-7-13(8-6-12)28-14(9-10-15(28)20)17-22-25-26-23-17/h5-10H,2-4,11H2,1H3,(H,22,23,25,26). The zero-order chi connectivity index (χ0) is 19.5. The lowest BCUT2D eigenvalue weighted by Gasteiger charge is -2.09. The van der Waals surface area contributed by atoms with Gasteiger partial charge in [-0.05, 0) is 58.3 Å². The Morgan fingerprint density at radius 1 is 1.14 bits per heavy atom. The van der Waals surface area contributed by atoms with Crippen molar-refractivity contribution in [2.24, 2.45) is 0 Å². The van der Waals surface area contributed by atoms with Crippen molar-refractivity contribution in [2.45, 2.75) is 32.7 Å². The van der Waals surface area contributed by atoms with Crippen molar-refractivity contribution in [3.05, 3.63) is 59.0 Å². The van der Waals surface area contributed by atoms with Gasteiger partial charge >= 0.3 is 0 Å². The molecule has 3 aromatic heterocycles. The van der Waals surface area contributed by atoms with Crippen LogP contribution in [0.1, 0.15) is 31.2 Å². The average molecular weight is 401 g/mol. The molecule has 0 aliphatic heterocycles. The van der Waals surface area contributed by atoms with Crippen LogP contribution >= 0.6 is 11.6 Å². The smallest absolute Gasteiger partial charge is 0.221 e. The minimum absolute atomic E-state index is 0.367. The first-order chi connectivity index (χ1) is 13.7. The van der Waals surface area contributed by atoms with E-state index in [1.54, 1.807) is 10.7 Å². The molecule has 1 aromatic carbocycles. The topological polar surface area (TPSA) is 90.1 Å². The molecule has 0 radical (unpaired) electrons. The maximum absolute atomic E-state index is 14.3. The van der Waals surface area contributed by atoms with Crippen LogP contribution in [0.2, 0.25) is 5.28 Å². The van der Waals surface area contributed by atoms with Crippen molar-refractivity contribution in [2.75, 3.05) is 0 Å². The quantitative estimate of drug-likeness (QED) is 0.513. The molecule has 0 aliphatic rings. The van der Waals surface area contributed by atoms with E-state index in [0.717, 1.165) is 30.7 Å². The van der Waals surface area contributed by atoms with Crippen LogP contribution in [-0.2, 0) is 13.0 Å². The average Bonchev–Trinajstić information content (AvgIpc) is 3.42. The van der Waals surface area contributed by atoms with E-state index in [2.05, 4.69) is 37.6 Å². The van der Waals surface area contributed by atoms with Crippen LogP contribution in [0.4, 0.5) is 4.39 Å². The van der Waals surface area contributed by atoms with Crippen LogP contribution in [0, 0.1) is 5.95 Å². The molecule has 4 rings (SSSR count). The fraction of sp³-hybridized carbons (Fsp3) is 0.278. The summed E-state index contributed by atoms with van der Waals surface area (Å²) < 4.78 is 17.4. The van der Waals surface area contributed by atoms with Gasteiger partial charge in [-0.15, -0.1) is 5.10 Å². The number of halogens is 2. The molecule has 0 saturated heterocycles. The van der Waals surface area contributed by atoms with Crippen molar-refractivity contribution >= 4 is 11.6 Å². The molecule has 0 saturated carbocycles. The van der Waals surface area contributed by atoms with Gasteiger partial charge in [-0.1, -0.05) is 25.5 Å². The molecular formula is C18H18ClFN8. The molecule has 144 valence electrons. The van der Waals surface area contributed by atoms with Gasteiger partial charge in [0.1, 0.15) is 0 Å². The van der Waals surface area contributed by atoms with Gasteiger partial charge in [0.05, 0.1) is 12.2 Å². The molecule has 0 spiro atoms. The van der Waals surface area contributed by atoms with Crippen LogP contribution < -0.4 is 0 Å². The summed E-state index contributed by atoms with van der Waals surface area (Å²) >= 11 is 6.20. The van der Waals surface area contributed by atoms with Crippen molar-refractivity contribution in [1.82, 2.24) is 40.0 Å². The summed E-state index contributed by atoms with van der Waals surface area (Å²) in [5, 5.41) is 18.4. The normalized spacial score (nSPS) is 11.2. The number of unbranched alkanes of at least 4 members (excludes halogenated alkanes) is 1. The Labute approximate surface area is 165 Å². The first-order valence-corrected chi connectivity index (χ1v) is 9.33. The molecule has 28 heavy (non-hydrogen) atoms. The maximum atomic E-state index is 14.3. The summed E-state index contributed by atoms with van der Waals surface area (Å²) in [4.78, 5) is 4.30. The molecule has 10 heteroatoms. The van der Waals surface area contributed by atoms with Crippen molar-refractivity contribution in [3.63, 3.8) is 0 Å². The fourth-order valence-electron chi connectivity index (χ4n) is 2.96. The van der Waals surface area contributed by atoms with Gasteiger partial charge in [0.2, 0.25) is 5.28 Å². The van der Waals surface area contributed by atoms with E-state index >= 15 is 0 Å². The Balaban J connectivity index is 1.56. The fourth-order valence-corrected chi connectivity index (χ4v) is 3.15. The minimum Gasteiger partial charge on any atom is -0.283 e. The van der Waals surface area contributed by atoms with Crippen molar-refractivity contribution < 1.29 is 4.39 Å². The molecule has 0 fully saturated rings. The van der Waals surface area contributed by atoms with Gasteiger partial charge < -0.3 is 0 Å². The number of aryl methyl sites for hydroxylation is 1. The molecule has 0 bridgehead atoms. The van der Waals surface area contributed by atoms with Crippen LogP contribution in [0.3, 0.4) is 0 Å². The summed E-state index contributed by atoms with van der Waals surface area (Å²) in [6.45, 7) is 2.61. The van der Waals surface area contributed by atoms with E-state index in [1.807, 2.05) is 24.3 Å². The highest BCUT2D eigenvalue weighted by atomic mass is 35.5. The highest BCUT2D eigenvalue weighted by molar-refractivity contribution is 6.28. The van der Waals surface area contributed by atoms with E-state index in [4.69, 9.17) is 11.6 Å². The molecular weight excluding hydrogens is 383 g/mol. The van der Waals surface area contributed by atoms with Gasteiger partial charge in [-0.25, -0.2) is 14.8 Å². The lowest BCUT2D eigenvalue weighted by atomic mass is 10.2. The third-order valence-electron chi connectivity index (χ3n) is 4.37.